The number of carbonyl (C=O) groups excluding carboxylic acids is 2. The summed E-state index contributed by atoms with van der Waals surface area (Å²) >= 11 is 0. The fourth-order valence-corrected chi connectivity index (χ4v) is 4.73. The molecular formula is C30H29FN4O4. The first kappa shape index (κ1) is 26.1. The zero-order chi connectivity index (χ0) is 27.5. The van der Waals surface area contributed by atoms with Crippen molar-refractivity contribution in [3.8, 4) is 5.88 Å². The number of methoxy groups -OCH3 is 1. The summed E-state index contributed by atoms with van der Waals surface area (Å²) in [7, 11) is 3.37. The van der Waals surface area contributed by atoms with E-state index in [2.05, 4.69) is 9.88 Å². The van der Waals surface area contributed by atoms with Gasteiger partial charge in [-0.1, -0.05) is 18.2 Å². The largest absolute Gasteiger partial charge is 0.494 e. The Hall–Kier alpha value is -4.50. The second kappa shape index (κ2) is 11.1. The van der Waals surface area contributed by atoms with E-state index in [0.29, 0.717) is 57.6 Å². The van der Waals surface area contributed by atoms with E-state index in [4.69, 9.17) is 9.73 Å². The number of nitrogens with zero attached hydrogens (tertiary/aromatic N) is 3. The third-order valence-electron chi connectivity index (χ3n) is 6.90. The number of benzene rings is 3. The van der Waals surface area contributed by atoms with Crippen LogP contribution in [0, 0.1) is 5.82 Å². The molecule has 1 aromatic heterocycles. The normalized spacial score (nSPS) is 14.5. The number of aromatic hydroxyl groups is 1. The fourth-order valence-electron chi connectivity index (χ4n) is 4.73. The summed E-state index contributed by atoms with van der Waals surface area (Å²) in [5.74, 6) is -0.994. The van der Waals surface area contributed by atoms with Crippen LogP contribution in [0.5, 0.6) is 5.88 Å². The van der Waals surface area contributed by atoms with Gasteiger partial charge in [0.2, 0.25) is 0 Å². The number of nitrogens with one attached hydrogen (secondary N) is 1. The highest BCUT2D eigenvalue weighted by atomic mass is 19.1. The van der Waals surface area contributed by atoms with Crippen molar-refractivity contribution in [3.05, 3.63) is 94.8 Å². The van der Waals surface area contributed by atoms with Gasteiger partial charge in [-0.15, -0.1) is 0 Å². The van der Waals surface area contributed by atoms with E-state index in [1.54, 1.807) is 42.5 Å². The van der Waals surface area contributed by atoms with Crippen molar-refractivity contribution in [3.63, 3.8) is 0 Å². The van der Waals surface area contributed by atoms with Crippen LogP contribution in [0.25, 0.3) is 10.9 Å². The van der Waals surface area contributed by atoms with Crippen molar-refractivity contribution >= 4 is 34.2 Å². The zero-order valence-electron chi connectivity index (χ0n) is 21.8. The summed E-state index contributed by atoms with van der Waals surface area (Å²) in [4.78, 5) is 36.6. The topological polar surface area (TPSA) is 98.2 Å². The van der Waals surface area contributed by atoms with Gasteiger partial charge in [-0.2, -0.15) is 0 Å². The number of carbonyl (C=O) groups is 2. The lowest BCUT2D eigenvalue weighted by Crippen LogP contribution is -2.47. The monoisotopic (exact) mass is 528 g/mol. The second-order valence-corrected chi connectivity index (χ2v) is 9.59. The number of ether oxygens (including phenoxy) is 1. The molecule has 0 radical (unpaired) electrons. The van der Waals surface area contributed by atoms with E-state index in [1.807, 2.05) is 24.1 Å². The summed E-state index contributed by atoms with van der Waals surface area (Å²) in [6.45, 7) is 3.04. The Kier molecular flexibility index (Phi) is 7.42. The van der Waals surface area contributed by atoms with Gasteiger partial charge >= 0.3 is 5.97 Å². The molecule has 200 valence electrons. The van der Waals surface area contributed by atoms with Gasteiger partial charge < -0.3 is 24.6 Å². The lowest BCUT2D eigenvalue weighted by molar-refractivity contribution is -0.139. The van der Waals surface area contributed by atoms with Gasteiger partial charge in [-0.25, -0.2) is 9.38 Å². The molecule has 2 heterocycles. The number of rotatable bonds is 6. The Labute approximate surface area is 225 Å². The van der Waals surface area contributed by atoms with Crippen LogP contribution in [0.3, 0.4) is 0 Å². The number of H-pyrrole nitrogens is 1. The van der Waals surface area contributed by atoms with E-state index < -0.39 is 5.82 Å². The molecule has 39 heavy (non-hydrogen) atoms. The molecular weight excluding hydrogens is 499 g/mol. The van der Waals surface area contributed by atoms with Crippen LogP contribution < -0.4 is 0 Å². The van der Waals surface area contributed by atoms with Gasteiger partial charge in [-0.05, 0) is 61.1 Å². The lowest BCUT2D eigenvalue weighted by atomic mass is 9.98. The number of hydrogen-bond acceptors (Lipinski definition) is 6. The molecule has 1 saturated heterocycles. The van der Waals surface area contributed by atoms with Crippen LogP contribution >= 0.6 is 0 Å². The highest BCUT2D eigenvalue weighted by Gasteiger charge is 2.22. The Balaban J connectivity index is 1.55. The number of halogens is 1. The number of aliphatic imine (C=N–C) groups is 1. The van der Waals surface area contributed by atoms with Gasteiger partial charge in [0.15, 0.2) is 5.88 Å². The van der Waals surface area contributed by atoms with Crippen molar-refractivity contribution in [2.75, 3.05) is 40.3 Å². The van der Waals surface area contributed by atoms with E-state index in [-0.39, 0.29) is 24.2 Å². The van der Waals surface area contributed by atoms with Crippen molar-refractivity contribution in [1.82, 2.24) is 14.8 Å². The molecule has 0 aliphatic carbocycles. The number of likely N-dealkylation sites (N-methyl/N-ethyl adjacent to an activating group) is 1. The quantitative estimate of drug-likeness (QED) is 0.288. The maximum Gasteiger partial charge on any atom is 0.309 e. The highest BCUT2D eigenvalue weighted by molar-refractivity contribution is 6.22. The van der Waals surface area contributed by atoms with Gasteiger partial charge in [-0.3, -0.25) is 9.59 Å². The molecule has 0 unspecified atom stereocenters. The standard InChI is InChI=1S/C30H29FN4O4/c1-34-12-14-35(15-13-34)30(38)20-6-9-23(10-7-20)32-28(21-5-3-4-19(16-21)17-26(36)39-2)27-24-11-8-22(31)18-25(24)33-29(27)37/h3-11,16,18,33,37H,12-15,17H2,1-2H3. The van der Waals surface area contributed by atoms with Gasteiger partial charge in [0.1, 0.15) is 5.82 Å². The van der Waals surface area contributed by atoms with E-state index in [1.165, 1.54) is 19.2 Å². The van der Waals surface area contributed by atoms with Crippen LogP contribution in [0.2, 0.25) is 0 Å². The molecule has 0 bridgehead atoms. The Morgan fingerprint density at radius 2 is 1.74 bits per heavy atom. The molecule has 3 aromatic carbocycles. The summed E-state index contributed by atoms with van der Waals surface area (Å²) < 4.78 is 18.7. The molecule has 1 fully saturated rings. The van der Waals surface area contributed by atoms with Crippen LogP contribution in [0.1, 0.15) is 27.0 Å². The average Bonchev–Trinajstić information content (AvgIpc) is 3.26. The molecule has 0 spiro atoms. The number of piperazine rings is 1. The van der Waals surface area contributed by atoms with Gasteiger partial charge in [0.05, 0.1) is 36.0 Å². The predicted molar refractivity (Wildman–Crippen MR) is 147 cm³/mol. The van der Waals surface area contributed by atoms with Gasteiger partial charge in [0, 0.05) is 42.7 Å². The molecule has 4 aromatic rings. The summed E-state index contributed by atoms with van der Waals surface area (Å²) in [6, 6.07) is 18.5. The number of aromatic nitrogens is 1. The minimum Gasteiger partial charge on any atom is -0.494 e. The molecule has 1 aliphatic heterocycles. The Morgan fingerprint density at radius 3 is 2.46 bits per heavy atom. The van der Waals surface area contributed by atoms with Crippen LogP contribution in [0.4, 0.5) is 10.1 Å². The number of esters is 1. The maximum atomic E-state index is 13.9. The first-order valence-corrected chi connectivity index (χ1v) is 12.7. The molecule has 0 atom stereocenters. The summed E-state index contributed by atoms with van der Waals surface area (Å²) in [5, 5.41) is 11.5. The van der Waals surface area contributed by atoms with Crippen molar-refractivity contribution in [1.29, 1.82) is 0 Å². The van der Waals surface area contributed by atoms with Crippen LogP contribution in [-0.4, -0.2) is 77.8 Å². The van der Waals surface area contributed by atoms with Gasteiger partial charge in [0.25, 0.3) is 5.91 Å². The zero-order valence-corrected chi connectivity index (χ0v) is 21.8. The van der Waals surface area contributed by atoms with E-state index in [9.17, 15) is 19.1 Å². The van der Waals surface area contributed by atoms with Crippen molar-refractivity contribution in [2.24, 2.45) is 4.99 Å². The van der Waals surface area contributed by atoms with E-state index in [0.717, 1.165) is 13.1 Å². The molecule has 8 nitrogen and oxygen atoms in total. The summed E-state index contributed by atoms with van der Waals surface area (Å²) in [5.41, 5.74) is 3.75. The number of amides is 1. The van der Waals surface area contributed by atoms with Crippen LogP contribution in [-0.2, 0) is 16.0 Å². The van der Waals surface area contributed by atoms with Crippen molar-refractivity contribution < 1.29 is 23.8 Å². The average molecular weight is 529 g/mol. The number of fused-ring (bicyclic) bond motifs is 1. The van der Waals surface area contributed by atoms with Crippen molar-refractivity contribution in [2.45, 2.75) is 6.42 Å². The Bertz CT molecular complexity index is 1550. The van der Waals surface area contributed by atoms with E-state index >= 15 is 0 Å². The number of aromatic amines is 1. The molecule has 1 aliphatic rings. The smallest absolute Gasteiger partial charge is 0.309 e. The minimum atomic E-state index is -0.436. The minimum absolute atomic E-state index is 0.0225. The van der Waals surface area contributed by atoms with Crippen LogP contribution in [0.15, 0.2) is 71.7 Å². The molecule has 1 amide bonds. The third-order valence-corrected chi connectivity index (χ3v) is 6.90. The number of hydrogen-bond donors (Lipinski definition) is 2. The SMILES string of the molecule is COC(=O)Cc1cccc(C(=Nc2ccc(C(=O)N3CCN(C)CC3)cc2)c2c(O)[nH]c3cc(F)ccc23)c1. The molecule has 2 N–H and O–H groups in total. The maximum absolute atomic E-state index is 13.9. The molecule has 9 heteroatoms. The lowest BCUT2D eigenvalue weighted by Gasteiger charge is -2.32. The Morgan fingerprint density at radius 1 is 1.00 bits per heavy atom. The molecule has 0 saturated carbocycles. The third kappa shape index (κ3) is 5.68. The highest BCUT2D eigenvalue weighted by Crippen LogP contribution is 2.32. The second-order valence-electron chi connectivity index (χ2n) is 9.59. The first-order chi connectivity index (χ1) is 18.8. The molecule has 5 rings (SSSR count). The first-order valence-electron chi connectivity index (χ1n) is 12.7. The summed E-state index contributed by atoms with van der Waals surface area (Å²) in [6.07, 6.45) is 0.0752. The predicted octanol–water partition coefficient (Wildman–Crippen LogP) is 4.28. The fraction of sp³-hybridized carbons (Fsp3) is 0.233.